The van der Waals surface area contributed by atoms with Gasteiger partial charge in [0, 0.05) is 4.47 Å². The molecule has 0 aromatic heterocycles. The van der Waals surface area contributed by atoms with E-state index in [-0.39, 0.29) is 0 Å². The van der Waals surface area contributed by atoms with Gasteiger partial charge in [-0.2, -0.15) is 0 Å². The van der Waals surface area contributed by atoms with E-state index in [4.69, 9.17) is 0 Å². The lowest BCUT2D eigenvalue weighted by atomic mass is 10.0. The van der Waals surface area contributed by atoms with Crippen LogP contribution in [0.4, 0.5) is 0 Å². The Balaban J connectivity index is 2.48. The molecule has 2 aromatic rings. The maximum Gasteiger partial charge on any atom is 0.0328 e. The summed E-state index contributed by atoms with van der Waals surface area (Å²) in [5, 5.41) is 2.62. The molecule has 0 aliphatic heterocycles. The van der Waals surface area contributed by atoms with E-state index in [1.165, 1.54) is 26.4 Å². The van der Waals surface area contributed by atoms with Crippen LogP contribution in [0.15, 0.2) is 40.9 Å². The van der Waals surface area contributed by atoms with Crippen LogP contribution >= 0.6 is 15.9 Å². The lowest BCUT2D eigenvalue weighted by Gasteiger charge is -2.06. The van der Waals surface area contributed by atoms with Crippen molar-refractivity contribution in [2.24, 2.45) is 0 Å². The summed E-state index contributed by atoms with van der Waals surface area (Å²) in [7, 11) is 0. The first-order valence-electron chi connectivity index (χ1n) is 4.73. The molecule has 0 unspecified atom stereocenters. The zero-order valence-corrected chi connectivity index (χ0v) is 9.21. The van der Waals surface area contributed by atoms with Crippen LogP contribution in [-0.2, 0) is 6.42 Å². The van der Waals surface area contributed by atoms with Crippen molar-refractivity contribution in [3.05, 3.63) is 52.0 Å². The molecular formula is C13H9Br. The van der Waals surface area contributed by atoms with Gasteiger partial charge in [-0.15, -0.1) is 0 Å². The molecule has 0 amide bonds. The van der Waals surface area contributed by atoms with Crippen molar-refractivity contribution >= 4 is 32.8 Å². The summed E-state index contributed by atoms with van der Waals surface area (Å²) in [4.78, 5) is 0. The molecule has 0 spiro atoms. The van der Waals surface area contributed by atoms with Crippen LogP contribution in [0.5, 0.6) is 0 Å². The van der Waals surface area contributed by atoms with Crippen molar-refractivity contribution in [3.63, 3.8) is 0 Å². The van der Waals surface area contributed by atoms with Gasteiger partial charge in [-0.05, 0) is 44.3 Å². The molecule has 0 saturated heterocycles. The number of fused-ring (bicyclic) bond motifs is 2. The third-order valence-electron chi connectivity index (χ3n) is 2.73. The van der Waals surface area contributed by atoms with Crippen molar-refractivity contribution in [1.82, 2.24) is 0 Å². The number of hydrogen-bond donors (Lipinski definition) is 0. The maximum atomic E-state index is 3.68. The van der Waals surface area contributed by atoms with Crippen LogP contribution in [0.25, 0.3) is 16.8 Å². The van der Waals surface area contributed by atoms with E-state index in [2.05, 4.69) is 58.4 Å². The average molecular weight is 245 g/mol. The van der Waals surface area contributed by atoms with Gasteiger partial charge in [0.25, 0.3) is 0 Å². The van der Waals surface area contributed by atoms with Gasteiger partial charge in [0.05, 0.1) is 0 Å². The first-order chi connectivity index (χ1) is 6.86. The van der Waals surface area contributed by atoms with E-state index >= 15 is 0 Å². The number of benzene rings is 2. The lowest BCUT2D eigenvalue weighted by molar-refractivity contribution is 1.32. The molecule has 1 aliphatic rings. The summed E-state index contributed by atoms with van der Waals surface area (Å²) in [6, 6.07) is 10.8. The monoisotopic (exact) mass is 244 g/mol. The third kappa shape index (κ3) is 1.05. The van der Waals surface area contributed by atoms with Crippen molar-refractivity contribution in [2.75, 3.05) is 0 Å². The second-order valence-corrected chi connectivity index (χ2v) is 4.38. The molecule has 3 rings (SSSR count). The number of rotatable bonds is 0. The van der Waals surface area contributed by atoms with E-state index in [0.717, 1.165) is 6.42 Å². The number of hydrogen-bond acceptors (Lipinski definition) is 0. The minimum absolute atomic E-state index is 1.07. The Labute approximate surface area is 91.4 Å². The molecule has 0 bridgehead atoms. The molecule has 0 saturated carbocycles. The molecule has 0 atom stereocenters. The minimum atomic E-state index is 1.07. The Morgan fingerprint density at radius 1 is 1.14 bits per heavy atom. The molecule has 0 fully saturated rings. The summed E-state index contributed by atoms with van der Waals surface area (Å²) in [5.74, 6) is 0. The fourth-order valence-corrected chi connectivity index (χ4v) is 2.77. The SMILES string of the molecule is Brc1c2c(cc3ccccc13)CC=C2. The van der Waals surface area contributed by atoms with E-state index < -0.39 is 0 Å². The highest BCUT2D eigenvalue weighted by molar-refractivity contribution is 9.10. The summed E-state index contributed by atoms with van der Waals surface area (Å²) in [6.45, 7) is 0. The highest BCUT2D eigenvalue weighted by atomic mass is 79.9. The summed E-state index contributed by atoms with van der Waals surface area (Å²) >= 11 is 3.68. The summed E-state index contributed by atoms with van der Waals surface area (Å²) < 4.78 is 1.24. The summed E-state index contributed by atoms with van der Waals surface area (Å²) in [6.07, 6.45) is 5.49. The molecular weight excluding hydrogens is 236 g/mol. The average Bonchev–Trinajstić information content (AvgIpc) is 2.66. The van der Waals surface area contributed by atoms with Gasteiger partial charge in [0.2, 0.25) is 0 Å². The Hall–Kier alpha value is -1.08. The van der Waals surface area contributed by atoms with Gasteiger partial charge in [0.1, 0.15) is 0 Å². The maximum absolute atomic E-state index is 3.68. The molecule has 0 radical (unpaired) electrons. The van der Waals surface area contributed by atoms with Crippen LogP contribution in [0, 0.1) is 0 Å². The van der Waals surface area contributed by atoms with Gasteiger partial charge in [-0.3, -0.25) is 0 Å². The van der Waals surface area contributed by atoms with Crippen LogP contribution in [0.2, 0.25) is 0 Å². The standard InChI is InChI=1S/C13H9Br/c14-13-11-6-2-1-4-9(11)8-10-5-3-7-12(10)13/h1-4,6-8H,5H2. The van der Waals surface area contributed by atoms with Gasteiger partial charge in [-0.1, -0.05) is 42.5 Å². The van der Waals surface area contributed by atoms with Gasteiger partial charge < -0.3 is 0 Å². The highest BCUT2D eigenvalue weighted by Gasteiger charge is 2.11. The molecule has 1 aliphatic carbocycles. The van der Waals surface area contributed by atoms with Crippen molar-refractivity contribution in [1.29, 1.82) is 0 Å². The Bertz CT molecular complexity index is 538. The molecule has 68 valence electrons. The van der Waals surface area contributed by atoms with Crippen LogP contribution in [0.3, 0.4) is 0 Å². The predicted octanol–water partition coefficient (Wildman–Crippen LogP) is 4.17. The van der Waals surface area contributed by atoms with E-state index in [9.17, 15) is 0 Å². The van der Waals surface area contributed by atoms with Crippen molar-refractivity contribution in [3.8, 4) is 0 Å². The van der Waals surface area contributed by atoms with Gasteiger partial charge in [-0.25, -0.2) is 0 Å². The lowest BCUT2D eigenvalue weighted by Crippen LogP contribution is -1.85. The van der Waals surface area contributed by atoms with Gasteiger partial charge in [0.15, 0.2) is 0 Å². The van der Waals surface area contributed by atoms with Crippen LogP contribution in [-0.4, -0.2) is 0 Å². The second kappa shape index (κ2) is 2.96. The molecule has 0 nitrogen and oxygen atoms in total. The second-order valence-electron chi connectivity index (χ2n) is 3.59. The third-order valence-corrected chi connectivity index (χ3v) is 3.59. The molecule has 2 aromatic carbocycles. The van der Waals surface area contributed by atoms with Crippen molar-refractivity contribution in [2.45, 2.75) is 6.42 Å². The zero-order chi connectivity index (χ0) is 9.54. The largest absolute Gasteiger partial charge is 0.0795 e. The van der Waals surface area contributed by atoms with Crippen molar-refractivity contribution < 1.29 is 0 Å². The molecule has 14 heavy (non-hydrogen) atoms. The molecule has 1 heteroatoms. The molecule has 0 N–H and O–H groups in total. The highest BCUT2D eigenvalue weighted by Crippen LogP contribution is 2.34. The Morgan fingerprint density at radius 2 is 2.00 bits per heavy atom. The minimum Gasteiger partial charge on any atom is -0.0795 e. The Kier molecular flexibility index (Phi) is 1.74. The Morgan fingerprint density at radius 3 is 2.93 bits per heavy atom. The quantitative estimate of drug-likeness (QED) is 0.653. The van der Waals surface area contributed by atoms with E-state index in [1.807, 2.05) is 0 Å². The van der Waals surface area contributed by atoms with Crippen LogP contribution < -0.4 is 0 Å². The first-order valence-corrected chi connectivity index (χ1v) is 5.52. The summed E-state index contributed by atoms with van der Waals surface area (Å²) in [5.41, 5.74) is 2.78. The fourth-order valence-electron chi connectivity index (χ4n) is 2.03. The van der Waals surface area contributed by atoms with E-state index in [0.29, 0.717) is 0 Å². The smallest absolute Gasteiger partial charge is 0.0328 e. The van der Waals surface area contributed by atoms with Crippen LogP contribution in [0.1, 0.15) is 11.1 Å². The van der Waals surface area contributed by atoms with E-state index in [1.54, 1.807) is 0 Å². The normalized spacial score (nSPS) is 13.5. The first kappa shape index (κ1) is 8.25. The molecule has 0 heterocycles. The van der Waals surface area contributed by atoms with Gasteiger partial charge >= 0.3 is 0 Å². The number of halogens is 1. The zero-order valence-electron chi connectivity index (χ0n) is 7.63. The predicted molar refractivity (Wildman–Crippen MR) is 64.4 cm³/mol. The number of allylic oxidation sites excluding steroid dienone is 1. The topological polar surface area (TPSA) is 0 Å². The fraction of sp³-hybridized carbons (Fsp3) is 0.0769.